The van der Waals surface area contributed by atoms with Crippen LogP contribution in [-0.2, 0) is 4.79 Å². The Labute approximate surface area is 108 Å². The van der Waals surface area contributed by atoms with Crippen molar-refractivity contribution in [3.63, 3.8) is 0 Å². The number of aliphatic carboxylic acids is 1. The van der Waals surface area contributed by atoms with E-state index in [1.807, 2.05) is 0 Å². The lowest BCUT2D eigenvalue weighted by Gasteiger charge is -2.13. The van der Waals surface area contributed by atoms with E-state index in [4.69, 9.17) is 10.4 Å². The zero-order valence-electron chi connectivity index (χ0n) is 10.1. The van der Waals surface area contributed by atoms with Gasteiger partial charge in [0.1, 0.15) is 17.9 Å². The van der Waals surface area contributed by atoms with Crippen molar-refractivity contribution in [2.75, 3.05) is 5.32 Å². The van der Waals surface area contributed by atoms with Crippen molar-refractivity contribution >= 4 is 17.7 Å². The molecule has 19 heavy (non-hydrogen) atoms. The van der Waals surface area contributed by atoms with E-state index in [0.717, 1.165) is 12.1 Å². The topological polar surface area (TPSA) is 102 Å². The van der Waals surface area contributed by atoms with Crippen LogP contribution in [0.5, 0.6) is 0 Å². The molecule has 0 bridgehead atoms. The monoisotopic (exact) mass is 265 g/mol. The maximum atomic E-state index is 13.0. The van der Waals surface area contributed by atoms with Crippen LogP contribution in [-0.4, -0.2) is 23.1 Å². The zero-order chi connectivity index (χ0) is 14.4. The summed E-state index contributed by atoms with van der Waals surface area (Å²) in [5.74, 6) is -1.83. The molecular formula is C12H12FN3O3. The van der Waals surface area contributed by atoms with Gasteiger partial charge < -0.3 is 15.7 Å². The van der Waals surface area contributed by atoms with E-state index >= 15 is 0 Å². The number of hydrogen-bond acceptors (Lipinski definition) is 3. The average molecular weight is 265 g/mol. The van der Waals surface area contributed by atoms with Crippen LogP contribution in [0.15, 0.2) is 18.2 Å². The largest absolute Gasteiger partial charge is 0.480 e. The highest BCUT2D eigenvalue weighted by Crippen LogP contribution is 2.13. The number of urea groups is 1. The molecule has 1 aromatic rings. The van der Waals surface area contributed by atoms with Crippen molar-refractivity contribution < 1.29 is 19.1 Å². The Morgan fingerprint density at radius 1 is 1.53 bits per heavy atom. The minimum atomic E-state index is -1.14. The van der Waals surface area contributed by atoms with Crippen molar-refractivity contribution in [2.45, 2.75) is 19.4 Å². The zero-order valence-corrected chi connectivity index (χ0v) is 10.1. The fourth-order valence-electron chi connectivity index (χ4n) is 1.35. The van der Waals surface area contributed by atoms with E-state index in [2.05, 4.69) is 10.6 Å². The minimum Gasteiger partial charge on any atom is -0.480 e. The van der Waals surface area contributed by atoms with Gasteiger partial charge in [0.25, 0.3) is 0 Å². The predicted octanol–water partition coefficient (Wildman–Crippen LogP) is 1.68. The van der Waals surface area contributed by atoms with Gasteiger partial charge in [-0.15, -0.1) is 0 Å². The molecule has 3 N–H and O–H groups in total. The molecule has 0 aliphatic rings. The second kappa shape index (κ2) is 6.35. The molecular weight excluding hydrogens is 253 g/mol. The van der Waals surface area contributed by atoms with Gasteiger partial charge in [0.2, 0.25) is 0 Å². The van der Waals surface area contributed by atoms with Crippen LogP contribution >= 0.6 is 0 Å². The van der Waals surface area contributed by atoms with Gasteiger partial charge in [-0.05, 0) is 24.6 Å². The van der Waals surface area contributed by atoms with Gasteiger partial charge in [-0.3, -0.25) is 0 Å². The molecule has 0 fully saturated rings. The number of anilines is 1. The summed E-state index contributed by atoms with van der Waals surface area (Å²) in [5, 5.41) is 22.0. The summed E-state index contributed by atoms with van der Waals surface area (Å²) >= 11 is 0. The number of carbonyl (C=O) groups excluding carboxylic acids is 1. The molecule has 2 amide bonds. The van der Waals surface area contributed by atoms with Gasteiger partial charge in [-0.25, -0.2) is 14.0 Å². The molecule has 0 radical (unpaired) electrons. The number of hydrogen-bond donors (Lipinski definition) is 3. The van der Waals surface area contributed by atoms with Gasteiger partial charge in [-0.1, -0.05) is 6.92 Å². The van der Waals surface area contributed by atoms with E-state index in [9.17, 15) is 14.0 Å². The van der Waals surface area contributed by atoms with E-state index in [1.54, 1.807) is 13.0 Å². The number of nitrogens with one attached hydrogen (secondary N) is 2. The van der Waals surface area contributed by atoms with Crippen molar-refractivity contribution in [2.24, 2.45) is 0 Å². The lowest BCUT2D eigenvalue weighted by Crippen LogP contribution is -2.42. The summed E-state index contributed by atoms with van der Waals surface area (Å²) < 4.78 is 13.0. The number of rotatable bonds is 4. The number of nitriles is 1. The fraction of sp³-hybridized carbons (Fsp3) is 0.250. The Kier molecular flexibility index (Phi) is 4.83. The number of carboxylic acids is 1. The molecule has 0 aliphatic heterocycles. The third-order valence-corrected chi connectivity index (χ3v) is 2.36. The van der Waals surface area contributed by atoms with Crippen LogP contribution in [0.3, 0.4) is 0 Å². The quantitative estimate of drug-likeness (QED) is 0.770. The highest BCUT2D eigenvalue weighted by Gasteiger charge is 2.17. The van der Waals surface area contributed by atoms with Crippen molar-refractivity contribution in [1.29, 1.82) is 5.26 Å². The Balaban J connectivity index is 2.72. The first-order valence-electron chi connectivity index (χ1n) is 5.48. The Morgan fingerprint density at radius 2 is 2.21 bits per heavy atom. The van der Waals surface area contributed by atoms with Crippen LogP contribution in [0, 0.1) is 17.1 Å². The lowest BCUT2D eigenvalue weighted by atomic mass is 10.2. The van der Waals surface area contributed by atoms with E-state index in [1.165, 1.54) is 6.07 Å². The van der Waals surface area contributed by atoms with Gasteiger partial charge in [0.15, 0.2) is 0 Å². The third kappa shape index (κ3) is 3.96. The molecule has 0 unspecified atom stereocenters. The van der Waals surface area contributed by atoms with Crippen molar-refractivity contribution in [3.8, 4) is 6.07 Å². The Hall–Kier alpha value is -2.62. The summed E-state index contributed by atoms with van der Waals surface area (Å²) in [7, 11) is 0. The number of carboxylic acid groups (broad SMARTS) is 1. The molecule has 1 aromatic carbocycles. The molecule has 100 valence electrons. The summed E-state index contributed by atoms with van der Waals surface area (Å²) in [5.41, 5.74) is -0.00114. The number of nitrogens with zero attached hydrogens (tertiary/aromatic N) is 1. The molecule has 0 spiro atoms. The molecule has 0 aliphatic carbocycles. The average Bonchev–Trinajstić information content (AvgIpc) is 2.37. The Bertz CT molecular complexity index is 540. The first-order chi connectivity index (χ1) is 8.97. The first kappa shape index (κ1) is 14.4. The highest BCUT2D eigenvalue weighted by atomic mass is 19.1. The van der Waals surface area contributed by atoms with Crippen molar-refractivity contribution in [1.82, 2.24) is 5.32 Å². The fourth-order valence-corrected chi connectivity index (χ4v) is 1.35. The van der Waals surface area contributed by atoms with Crippen LogP contribution in [0.2, 0.25) is 0 Å². The molecule has 0 aromatic heterocycles. The maximum absolute atomic E-state index is 13.0. The number of halogens is 1. The minimum absolute atomic E-state index is 0.204. The summed E-state index contributed by atoms with van der Waals surface area (Å²) in [4.78, 5) is 22.2. The van der Waals surface area contributed by atoms with Crippen LogP contribution in [0.1, 0.15) is 18.9 Å². The number of benzene rings is 1. The second-order valence-electron chi connectivity index (χ2n) is 3.70. The first-order valence-corrected chi connectivity index (χ1v) is 5.48. The van der Waals surface area contributed by atoms with E-state index < -0.39 is 23.9 Å². The van der Waals surface area contributed by atoms with Crippen molar-refractivity contribution in [3.05, 3.63) is 29.6 Å². The van der Waals surface area contributed by atoms with Gasteiger partial charge in [-0.2, -0.15) is 5.26 Å². The number of carbonyl (C=O) groups is 2. The molecule has 6 nitrogen and oxygen atoms in total. The number of amides is 2. The molecule has 1 atom stereocenters. The molecule has 1 rings (SSSR count). The predicted molar refractivity (Wildman–Crippen MR) is 65.0 cm³/mol. The maximum Gasteiger partial charge on any atom is 0.326 e. The van der Waals surface area contributed by atoms with E-state index in [-0.39, 0.29) is 17.7 Å². The molecule has 7 heteroatoms. The Morgan fingerprint density at radius 3 is 2.74 bits per heavy atom. The summed E-state index contributed by atoms with van der Waals surface area (Å²) in [6.07, 6.45) is 0.232. The SMILES string of the molecule is CC[C@@H](NC(=O)Nc1ccc(F)c(C#N)c1)C(=O)O. The molecule has 0 saturated heterocycles. The van der Waals surface area contributed by atoms with Gasteiger partial charge in [0, 0.05) is 5.69 Å². The smallest absolute Gasteiger partial charge is 0.326 e. The van der Waals surface area contributed by atoms with Crippen LogP contribution < -0.4 is 10.6 Å². The normalized spacial score (nSPS) is 11.2. The molecule has 0 heterocycles. The lowest BCUT2D eigenvalue weighted by molar-refractivity contribution is -0.139. The van der Waals surface area contributed by atoms with Crippen LogP contribution in [0.4, 0.5) is 14.9 Å². The third-order valence-electron chi connectivity index (χ3n) is 2.36. The second-order valence-corrected chi connectivity index (χ2v) is 3.70. The summed E-state index contributed by atoms with van der Waals surface area (Å²) in [6, 6.07) is 3.39. The van der Waals surface area contributed by atoms with E-state index in [0.29, 0.717) is 0 Å². The van der Waals surface area contributed by atoms with Gasteiger partial charge >= 0.3 is 12.0 Å². The standard InChI is InChI=1S/C12H12FN3O3/c1-2-10(11(17)18)16-12(19)15-8-3-4-9(13)7(5-8)6-14/h3-5,10H,2H2,1H3,(H,17,18)(H2,15,16,19)/t10-/m1/s1. The highest BCUT2D eigenvalue weighted by molar-refractivity contribution is 5.92. The van der Waals surface area contributed by atoms with Crippen LogP contribution in [0.25, 0.3) is 0 Å². The summed E-state index contributed by atoms with van der Waals surface area (Å²) in [6.45, 7) is 1.62. The van der Waals surface area contributed by atoms with Gasteiger partial charge in [0.05, 0.1) is 5.56 Å². The molecule has 0 saturated carbocycles.